The Morgan fingerprint density at radius 3 is 2.16 bits per heavy atom. The number of carboxylic acids is 1. The molecule has 0 bridgehead atoms. The van der Waals surface area contributed by atoms with Crippen molar-refractivity contribution in [3.8, 4) is 5.75 Å². The molecule has 2 aromatic carbocycles. The van der Waals surface area contributed by atoms with Crippen LogP contribution in [0.5, 0.6) is 5.75 Å². The van der Waals surface area contributed by atoms with Gasteiger partial charge in [0.25, 0.3) is 0 Å². The van der Waals surface area contributed by atoms with Crippen LogP contribution in [0.15, 0.2) is 42.5 Å². The predicted octanol–water partition coefficient (Wildman–Crippen LogP) is 3.91. The molecule has 2 aromatic rings. The largest absolute Gasteiger partial charge is 0.506 e. The maximum Gasteiger partial charge on any atom is 0.335 e. The second-order valence-electron chi connectivity index (χ2n) is 3.97. The first-order chi connectivity index (χ1) is 9.06. The summed E-state index contributed by atoms with van der Waals surface area (Å²) in [6.45, 7) is 0. The highest BCUT2D eigenvalue weighted by Gasteiger charge is 2.00. The minimum absolute atomic E-state index is 0.0460. The van der Waals surface area contributed by atoms with Crippen LogP contribution in [0.1, 0.15) is 21.5 Å². The van der Waals surface area contributed by atoms with Crippen molar-refractivity contribution in [1.29, 1.82) is 0 Å². The summed E-state index contributed by atoms with van der Waals surface area (Å²) in [5.74, 6) is -0.898. The third-order valence-corrected chi connectivity index (χ3v) is 2.90. The SMILES string of the molecule is O=C(O)c1ccc(/C=C/c2ccc(O)c(Cl)c2)cc1. The fraction of sp³-hybridized carbons (Fsp3) is 0. The number of carbonyl (C=O) groups is 1. The number of hydrogen-bond acceptors (Lipinski definition) is 2. The molecule has 0 saturated heterocycles. The summed E-state index contributed by atoms with van der Waals surface area (Å²) in [5, 5.41) is 18.4. The summed E-state index contributed by atoms with van der Waals surface area (Å²) in [4.78, 5) is 10.7. The molecule has 2 rings (SSSR count). The quantitative estimate of drug-likeness (QED) is 0.834. The van der Waals surface area contributed by atoms with E-state index in [0.717, 1.165) is 11.1 Å². The molecule has 0 saturated carbocycles. The summed E-state index contributed by atoms with van der Waals surface area (Å²) in [6.07, 6.45) is 3.68. The number of aromatic hydroxyl groups is 1. The minimum Gasteiger partial charge on any atom is -0.506 e. The number of hydrogen-bond donors (Lipinski definition) is 2. The van der Waals surface area contributed by atoms with Crippen LogP contribution in [0, 0.1) is 0 Å². The van der Waals surface area contributed by atoms with Gasteiger partial charge in [0.15, 0.2) is 0 Å². The van der Waals surface area contributed by atoms with Crippen LogP contribution < -0.4 is 0 Å². The Kier molecular flexibility index (Phi) is 3.88. The Hall–Kier alpha value is -2.26. The second-order valence-corrected chi connectivity index (χ2v) is 4.38. The standard InChI is InChI=1S/C15H11ClO3/c16-13-9-11(5-8-14(13)17)2-1-10-3-6-12(7-4-10)15(18)19/h1-9,17H,(H,18,19)/b2-1+. The van der Waals surface area contributed by atoms with Crippen molar-refractivity contribution >= 4 is 29.7 Å². The molecule has 0 aliphatic rings. The van der Waals surface area contributed by atoms with E-state index in [-0.39, 0.29) is 11.3 Å². The number of phenolic OH excluding ortho intramolecular Hbond substituents is 1. The van der Waals surface area contributed by atoms with Crippen molar-refractivity contribution in [3.05, 3.63) is 64.2 Å². The third-order valence-electron chi connectivity index (χ3n) is 2.60. The average Bonchev–Trinajstić information content (AvgIpc) is 2.40. The van der Waals surface area contributed by atoms with E-state index in [1.807, 2.05) is 12.2 Å². The summed E-state index contributed by atoms with van der Waals surface area (Å²) < 4.78 is 0. The zero-order valence-corrected chi connectivity index (χ0v) is 10.6. The normalized spacial score (nSPS) is 10.8. The van der Waals surface area contributed by atoms with Crippen molar-refractivity contribution in [2.75, 3.05) is 0 Å². The molecular weight excluding hydrogens is 264 g/mol. The maximum absolute atomic E-state index is 10.7. The van der Waals surface area contributed by atoms with Crippen LogP contribution in [0.25, 0.3) is 12.2 Å². The van der Waals surface area contributed by atoms with Crippen molar-refractivity contribution in [2.24, 2.45) is 0 Å². The summed E-state index contributed by atoms with van der Waals surface area (Å²) >= 11 is 5.80. The molecule has 0 amide bonds. The van der Waals surface area contributed by atoms with Crippen LogP contribution in [0.4, 0.5) is 0 Å². The van der Waals surface area contributed by atoms with Gasteiger partial charge in [-0.15, -0.1) is 0 Å². The van der Waals surface area contributed by atoms with Gasteiger partial charge in [0.1, 0.15) is 5.75 Å². The lowest BCUT2D eigenvalue weighted by Gasteiger charge is -1.99. The van der Waals surface area contributed by atoms with E-state index in [0.29, 0.717) is 5.02 Å². The molecule has 96 valence electrons. The minimum atomic E-state index is -0.944. The van der Waals surface area contributed by atoms with E-state index in [4.69, 9.17) is 16.7 Å². The molecule has 0 fully saturated rings. The number of carboxylic acid groups (broad SMARTS) is 1. The van der Waals surface area contributed by atoms with Gasteiger partial charge in [-0.1, -0.05) is 42.0 Å². The molecule has 0 heterocycles. The zero-order chi connectivity index (χ0) is 13.8. The fourth-order valence-corrected chi connectivity index (χ4v) is 1.75. The first-order valence-corrected chi connectivity index (χ1v) is 5.94. The van der Waals surface area contributed by atoms with E-state index in [1.54, 1.807) is 36.4 Å². The molecule has 3 nitrogen and oxygen atoms in total. The van der Waals surface area contributed by atoms with Crippen molar-refractivity contribution in [1.82, 2.24) is 0 Å². The maximum atomic E-state index is 10.7. The van der Waals surface area contributed by atoms with Gasteiger partial charge in [-0.2, -0.15) is 0 Å². The van der Waals surface area contributed by atoms with Crippen molar-refractivity contribution in [2.45, 2.75) is 0 Å². The monoisotopic (exact) mass is 274 g/mol. The molecule has 19 heavy (non-hydrogen) atoms. The molecule has 0 aliphatic heterocycles. The first-order valence-electron chi connectivity index (χ1n) is 5.56. The molecule has 0 spiro atoms. The molecule has 0 aromatic heterocycles. The predicted molar refractivity (Wildman–Crippen MR) is 75.4 cm³/mol. The Labute approximate surface area is 115 Å². The van der Waals surface area contributed by atoms with Crippen LogP contribution in [0.2, 0.25) is 5.02 Å². The van der Waals surface area contributed by atoms with Gasteiger partial charge in [0.05, 0.1) is 10.6 Å². The Bertz CT molecular complexity index is 630. The van der Waals surface area contributed by atoms with Gasteiger partial charge in [-0.3, -0.25) is 0 Å². The lowest BCUT2D eigenvalue weighted by Crippen LogP contribution is -1.94. The first kappa shape index (κ1) is 13.2. The summed E-state index contributed by atoms with van der Waals surface area (Å²) in [7, 11) is 0. The lowest BCUT2D eigenvalue weighted by molar-refractivity contribution is 0.0697. The van der Waals surface area contributed by atoms with Gasteiger partial charge >= 0.3 is 5.97 Å². The van der Waals surface area contributed by atoms with Crippen molar-refractivity contribution in [3.63, 3.8) is 0 Å². The Morgan fingerprint density at radius 2 is 1.58 bits per heavy atom. The van der Waals surface area contributed by atoms with E-state index < -0.39 is 5.97 Å². The lowest BCUT2D eigenvalue weighted by atomic mass is 10.1. The highest BCUT2D eigenvalue weighted by molar-refractivity contribution is 6.32. The van der Waals surface area contributed by atoms with Crippen LogP contribution >= 0.6 is 11.6 Å². The van der Waals surface area contributed by atoms with Gasteiger partial charge in [0, 0.05) is 0 Å². The zero-order valence-electron chi connectivity index (χ0n) is 9.88. The second kappa shape index (κ2) is 5.59. The van der Waals surface area contributed by atoms with Crippen molar-refractivity contribution < 1.29 is 15.0 Å². The van der Waals surface area contributed by atoms with Crippen LogP contribution in [0.3, 0.4) is 0 Å². The van der Waals surface area contributed by atoms with Gasteiger partial charge in [0.2, 0.25) is 0 Å². The smallest absolute Gasteiger partial charge is 0.335 e. The molecule has 4 heteroatoms. The molecule has 0 aliphatic carbocycles. The number of aromatic carboxylic acids is 1. The number of phenols is 1. The number of rotatable bonds is 3. The summed E-state index contributed by atoms with van der Waals surface area (Å²) in [5.41, 5.74) is 1.99. The van der Waals surface area contributed by atoms with E-state index in [2.05, 4.69) is 0 Å². The molecular formula is C15H11ClO3. The molecule has 0 unspecified atom stereocenters. The molecule has 0 atom stereocenters. The van der Waals surface area contributed by atoms with E-state index in [1.165, 1.54) is 6.07 Å². The number of benzene rings is 2. The van der Waals surface area contributed by atoms with E-state index >= 15 is 0 Å². The van der Waals surface area contributed by atoms with Crippen LogP contribution in [-0.2, 0) is 0 Å². The summed E-state index contributed by atoms with van der Waals surface area (Å²) in [6, 6.07) is 11.5. The Balaban J connectivity index is 2.17. The number of halogens is 1. The van der Waals surface area contributed by atoms with Gasteiger partial charge < -0.3 is 10.2 Å². The molecule has 2 N–H and O–H groups in total. The fourth-order valence-electron chi connectivity index (χ4n) is 1.56. The highest BCUT2D eigenvalue weighted by atomic mass is 35.5. The Morgan fingerprint density at radius 1 is 1.00 bits per heavy atom. The van der Waals surface area contributed by atoms with Crippen LogP contribution in [-0.4, -0.2) is 16.2 Å². The average molecular weight is 275 g/mol. The third kappa shape index (κ3) is 3.36. The topological polar surface area (TPSA) is 57.5 Å². The highest BCUT2D eigenvalue weighted by Crippen LogP contribution is 2.24. The van der Waals surface area contributed by atoms with Gasteiger partial charge in [-0.25, -0.2) is 4.79 Å². The van der Waals surface area contributed by atoms with Gasteiger partial charge in [-0.05, 0) is 35.4 Å². The molecule has 0 radical (unpaired) electrons. The van der Waals surface area contributed by atoms with E-state index in [9.17, 15) is 9.90 Å².